The first-order valence-electron chi connectivity index (χ1n) is 8.89. The molecule has 7 nitrogen and oxygen atoms in total. The molecule has 0 heterocycles. The Bertz CT molecular complexity index is 1020. The third-order valence-corrected chi connectivity index (χ3v) is 5.49. The topological polar surface area (TPSA) is 92.8 Å². The summed E-state index contributed by atoms with van der Waals surface area (Å²) in [6, 6.07) is 8.78. The number of hydrogen-bond donors (Lipinski definition) is 1. The number of sulfonamides is 1. The molecule has 9 heteroatoms. The fourth-order valence-electron chi connectivity index (χ4n) is 2.85. The molecular formula is C20H23FN2O5S. The van der Waals surface area contributed by atoms with Gasteiger partial charge in [-0.3, -0.25) is 9.10 Å². The van der Waals surface area contributed by atoms with Gasteiger partial charge in [-0.25, -0.2) is 17.6 Å². The van der Waals surface area contributed by atoms with Gasteiger partial charge in [0.05, 0.1) is 24.1 Å². The molecule has 0 saturated heterocycles. The number of halogens is 1. The van der Waals surface area contributed by atoms with Gasteiger partial charge in [0, 0.05) is 5.69 Å². The van der Waals surface area contributed by atoms with E-state index in [4.69, 9.17) is 4.74 Å². The highest BCUT2D eigenvalue weighted by atomic mass is 32.2. The largest absolute Gasteiger partial charge is 0.462 e. The molecule has 156 valence electrons. The van der Waals surface area contributed by atoms with Gasteiger partial charge in [0.1, 0.15) is 11.9 Å². The fourth-order valence-corrected chi connectivity index (χ4v) is 4.03. The number of carbonyl (C=O) groups excluding carboxylic acids is 2. The van der Waals surface area contributed by atoms with Crippen molar-refractivity contribution in [2.45, 2.75) is 26.8 Å². The number of amides is 1. The molecule has 1 N–H and O–H groups in total. The Morgan fingerprint density at radius 3 is 2.41 bits per heavy atom. The summed E-state index contributed by atoms with van der Waals surface area (Å²) in [5.41, 5.74) is 0.860. The number of carbonyl (C=O) groups is 2. The standard InChI is InChI=1S/C20H23FN2O5S/c1-5-28-20(25)15-9-8-11-17(13(15)2)22-19(24)14(3)23(29(4,26)27)18-12-7-6-10-16(18)21/h6-12,14H,5H2,1-4H3,(H,22,24)/t14-/m1/s1. The van der Waals surface area contributed by atoms with E-state index in [0.717, 1.165) is 16.6 Å². The first kappa shape index (κ1) is 22.4. The van der Waals surface area contributed by atoms with Gasteiger partial charge in [-0.05, 0) is 50.6 Å². The van der Waals surface area contributed by atoms with E-state index < -0.39 is 33.8 Å². The monoisotopic (exact) mass is 422 g/mol. The maximum absolute atomic E-state index is 14.2. The van der Waals surface area contributed by atoms with E-state index in [2.05, 4.69) is 5.32 Å². The molecule has 2 aromatic carbocycles. The molecule has 0 radical (unpaired) electrons. The summed E-state index contributed by atoms with van der Waals surface area (Å²) in [5.74, 6) is -1.97. The van der Waals surface area contributed by atoms with Crippen LogP contribution in [0.4, 0.5) is 15.8 Å². The number of ether oxygens (including phenoxy) is 1. The van der Waals surface area contributed by atoms with Crippen molar-refractivity contribution < 1.29 is 27.1 Å². The number of nitrogens with zero attached hydrogens (tertiary/aromatic N) is 1. The Labute approximate surface area is 169 Å². The summed E-state index contributed by atoms with van der Waals surface area (Å²) in [7, 11) is -3.96. The summed E-state index contributed by atoms with van der Waals surface area (Å²) in [5, 5.41) is 2.61. The molecule has 2 rings (SSSR count). The van der Waals surface area contributed by atoms with Crippen LogP contribution in [0.2, 0.25) is 0 Å². The number of rotatable bonds is 7. The minimum atomic E-state index is -3.96. The predicted octanol–water partition coefficient (Wildman–Crippen LogP) is 3.10. The Balaban J connectivity index is 2.35. The van der Waals surface area contributed by atoms with Crippen LogP contribution >= 0.6 is 0 Å². The molecule has 0 saturated carbocycles. The summed E-state index contributed by atoms with van der Waals surface area (Å²) >= 11 is 0. The molecule has 0 aliphatic carbocycles. The average molecular weight is 422 g/mol. The quantitative estimate of drug-likeness (QED) is 0.692. The van der Waals surface area contributed by atoms with E-state index in [9.17, 15) is 22.4 Å². The zero-order chi connectivity index (χ0) is 21.8. The average Bonchev–Trinajstić information content (AvgIpc) is 2.64. The molecule has 0 aromatic heterocycles. The lowest BCUT2D eigenvalue weighted by molar-refractivity contribution is -0.116. The minimum absolute atomic E-state index is 0.206. The van der Waals surface area contributed by atoms with Crippen molar-refractivity contribution in [1.82, 2.24) is 0 Å². The van der Waals surface area contributed by atoms with Gasteiger partial charge in [0.25, 0.3) is 0 Å². The Morgan fingerprint density at radius 1 is 1.17 bits per heavy atom. The Kier molecular flexibility index (Phi) is 6.97. The van der Waals surface area contributed by atoms with Crippen LogP contribution in [0.25, 0.3) is 0 Å². The van der Waals surface area contributed by atoms with E-state index >= 15 is 0 Å². The summed E-state index contributed by atoms with van der Waals surface area (Å²) in [4.78, 5) is 24.8. The van der Waals surface area contributed by atoms with Crippen molar-refractivity contribution in [3.05, 3.63) is 59.4 Å². The Hall–Kier alpha value is -2.94. The number of esters is 1. The Morgan fingerprint density at radius 2 is 1.83 bits per heavy atom. The van der Waals surface area contributed by atoms with Crippen LogP contribution in [0.15, 0.2) is 42.5 Å². The third kappa shape index (κ3) is 5.11. The van der Waals surface area contributed by atoms with E-state index in [0.29, 0.717) is 11.3 Å². The fraction of sp³-hybridized carbons (Fsp3) is 0.300. The van der Waals surface area contributed by atoms with E-state index in [1.54, 1.807) is 32.0 Å². The summed E-state index contributed by atoms with van der Waals surface area (Å²) in [6.45, 7) is 4.88. The second-order valence-corrected chi connectivity index (χ2v) is 8.23. The first-order chi connectivity index (χ1) is 13.6. The number of hydrogen-bond acceptors (Lipinski definition) is 5. The first-order valence-corrected chi connectivity index (χ1v) is 10.7. The second kappa shape index (κ2) is 9.04. The number of benzene rings is 2. The summed E-state index contributed by atoms with van der Waals surface area (Å²) < 4.78 is 44.5. The molecule has 0 aliphatic heterocycles. The maximum Gasteiger partial charge on any atom is 0.338 e. The van der Waals surface area contributed by atoms with Gasteiger partial charge in [-0.2, -0.15) is 0 Å². The third-order valence-electron chi connectivity index (χ3n) is 4.27. The number of para-hydroxylation sites is 1. The highest BCUT2D eigenvalue weighted by Gasteiger charge is 2.31. The normalized spacial score (nSPS) is 12.2. The lowest BCUT2D eigenvalue weighted by Gasteiger charge is -2.28. The highest BCUT2D eigenvalue weighted by molar-refractivity contribution is 7.92. The highest BCUT2D eigenvalue weighted by Crippen LogP contribution is 2.25. The van der Waals surface area contributed by atoms with Crippen LogP contribution < -0.4 is 9.62 Å². The van der Waals surface area contributed by atoms with Crippen molar-refractivity contribution in [1.29, 1.82) is 0 Å². The smallest absolute Gasteiger partial charge is 0.338 e. The number of nitrogens with one attached hydrogen (secondary N) is 1. The molecule has 2 aromatic rings. The number of anilines is 2. The van der Waals surface area contributed by atoms with Gasteiger partial charge < -0.3 is 10.1 Å². The molecular weight excluding hydrogens is 399 g/mol. The second-order valence-electron chi connectivity index (χ2n) is 6.37. The molecule has 1 amide bonds. The summed E-state index contributed by atoms with van der Waals surface area (Å²) in [6.07, 6.45) is 0.899. The zero-order valence-corrected chi connectivity index (χ0v) is 17.4. The molecule has 0 fully saturated rings. The van der Waals surface area contributed by atoms with Crippen molar-refractivity contribution in [3.8, 4) is 0 Å². The SMILES string of the molecule is CCOC(=O)c1cccc(NC(=O)[C@@H](C)N(c2ccccc2F)S(C)(=O)=O)c1C. The molecule has 0 bridgehead atoms. The molecule has 0 spiro atoms. The van der Waals surface area contributed by atoms with Crippen LogP contribution in [0.5, 0.6) is 0 Å². The van der Waals surface area contributed by atoms with Crippen LogP contribution in [-0.2, 0) is 19.6 Å². The molecule has 29 heavy (non-hydrogen) atoms. The molecule has 1 atom stereocenters. The zero-order valence-electron chi connectivity index (χ0n) is 16.6. The lowest BCUT2D eigenvalue weighted by atomic mass is 10.1. The van der Waals surface area contributed by atoms with Crippen LogP contribution in [0, 0.1) is 12.7 Å². The van der Waals surface area contributed by atoms with E-state index in [1.165, 1.54) is 25.1 Å². The van der Waals surface area contributed by atoms with Crippen LogP contribution in [-0.4, -0.2) is 39.2 Å². The van der Waals surface area contributed by atoms with Gasteiger partial charge >= 0.3 is 5.97 Å². The van der Waals surface area contributed by atoms with E-state index in [-0.39, 0.29) is 17.9 Å². The van der Waals surface area contributed by atoms with Gasteiger partial charge in [0.2, 0.25) is 15.9 Å². The molecule has 0 aliphatic rings. The lowest BCUT2D eigenvalue weighted by Crippen LogP contribution is -2.45. The minimum Gasteiger partial charge on any atom is -0.462 e. The van der Waals surface area contributed by atoms with Crippen molar-refractivity contribution >= 4 is 33.3 Å². The van der Waals surface area contributed by atoms with Crippen molar-refractivity contribution in [3.63, 3.8) is 0 Å². The van der Waals surface area contributed by atoms with Gasteiger partial charge in [-0.1, -0.05) is 18.2 Å². The van der Waals surface area contributed by atoms with Crippen LogP contribution in [0.3, 0.4) is 0 Å². The van der Waals surface area contributed by atoms with E-state index in [1.807, 2.05) is 0 Å². The van der Waals surface area contributed by atoms with Crippen molar-refractivity contribution in [2.24, 2.45) is 0 Å². The maximum atomic E-state index is 14.2. The van der Waals surface area contributed by atoms with Crippen molar-refractivity contribution in [2.75, 3.05) is 22.5 Å². The van der Waals surface area contributed by atoms with Gasteiger partial charge in [-0.15, -0.1) is 0 Å². The molecule has 0 unspecified atom stereocenters. The van der Waals surface area contributed by atoms with Gasteiger partial charge in [0.15, 0.2) is 0 Å². The van der Waals surface area contributed by atoms with Crippen LogP contribution in [0.1, 0.15) is 29.8 Å². The predicted molar refractivity (Wildman–Crippen MR) is 109 cm³/mol.